The number of hydrogen-bond donors (Lipinski definition) is 0. The van der Waals surface area contributed by atoms with Crippen molar-refractivity contribution in [2.75, 3.05) is 0 Å². The summed E-state index contributed by atoms with van der Waals surface area (Å²) in [5.74, 6) is -4.86. The van der Waals surface area contributed by atoms with E-state index in [1.807, 2.05) is 0 Å². The summed E-state index contributed by atoms with van der Waals surface area (Å²) in [5, 5.41) is 0. The van der Waals surface area contributed by atoms with Crippen LogP contribution in [0.25, 0.3) is 5.69 Å². The molecule has 28 heavy (non-hydrogen) atoms. The Kier molecular flexibility index (Phi) is 5.59. The van der Waals surface area contributed by atoms with Gasteiger partial charge in [-0.05, 0) is 40.2 Å². The van der Waals surface area contributed by atoms with Gasteiger partial charge in [0.05, 0.1) is 0 Å². The lowest BCUT2D eigenvalue weighted by molar-refractivity contribution is 0.111. The molecule has 0 aliphatic heterocycles. The van der Waals surface area contributed by atoms with E-state index >= 15 is 0 Å². The Balaban J connectivity index is 2.05. The van der Waals surface area contributed by atoms with Gasteiger partial charge in [-0.15, -0.1) is 0 Å². The van der Waals surface area contributed by atoms with E-state index in [2.05, 4.69) is 20.9 Å². The summed E-state index contributed by atoms with van der Waals surface area (Å²) in [4.78, 5) is 27.7. The number of halogens is 5. The van der Waals surface area contributed by atoms with Crippen LogP contribution in [0.2, 0.25) is 0 Å². The van der Waals surface area contributed by atoms with Crippen LogP contribution in [-0.2, 0) is 6.61 Å². The van der Waals surface area contributed by atoms with Crippen LogP contribution in [-0.4, -0.2) is 15.8 Å². The molecule has 1 aromatic heterocycles. The Hall–Kier alpha value is -3.01. The van der Waals surface area contributed by atoms with Crippen molar-refractivity contribution in [3.63, 3.8) is 0 Å². The van der Waals surface area contributed by atoms with Crippen molar-refractivity contribution in [2.45, 2.75) is 6.61 Å². The van der Waals surface area contributed by atoms with Crippen molar-refractivity contribution < 1.29 is 27.1 Å². The molecule has 0 atom stereocenters. The van der Waals surface area contributed by atoms with Crippen LogP contribution in [0.4, 0.5) is 17.6 Å². The first-order valence-corrected chi connectivity index (χ1v) is 8.41. The molecule has 0 unspecified atom stereocenters. The molecule has 1 heterocycles. The van der Waals surface area contributed by atoms with Crippen molar-refractivity contribution in [2.24, 2.45) is 0 Å². The van der Waals surface area contributed by atoms with Gasteiger partial charge in [-0.2, -0.15) is 4.98 Å². The fourth-order valence-electron chi connectivity index (χ4n) is 2.38. The highest BCUT2D eigenvalue weighted by atomic mass is 79.9. The quantitative estimate of drug-likeness (QED) is 0.430. The highest BCUT2D eigenvalue weighted by Crippen LogP contribution is 2.24. The SMILES string of the molecule is O=Cc1nc(OCc2ccc(F)cc2F)c(Br)c(=O)n1-c1c(F)cccc1F. The summed E-state index contributed by atoms with van der Waals surface area (Å²) in [6.07, 6.45) is 0.116. The number of carbonyl (C=O) groups excluding carboxylic acids is 1. The second kappa shape index (κ2) is 7.93. The molecule has 2 aromatic carbocycles. The molecule has 5 nitrogen and oxygen atoms in total. The number of hydrogen-bond acceptors (Lipinski definition) is 4. The van der Waals surface area contributed by atoms with Crippen LogP contribution in [0.15, 0.2) is 45.7 Å². The lowest BCUT2D eigenvalue weighted by atomic mass is 10.2. The van der Waals surface area contributed by atoms with E-state index in [0.29, 0.717) is 10.6 Å². The second-order valence-electron chi connectivity index (χ2n) is 5.44. The van der Waals surface area contributed by atoms with E-state index in [-0.39, 0.29) is 16.3 Å². The Labute approximate surface area is 163 Å². The Morgan fingerprint density at radius 1 is 1.07 bits per heavy atom. The number of rotatable bonds is 5. The Morgan fingerprint density at radius 2 is 1.75 bits per heavy atom. The van der Waals surface area contributed by atoms with Gasteiger partial charge in [-0.25, -0.2) is 17.6 Å². The third-order valence-electron chi connectivity index (χ3n) is 3.67. The maximum absolute atomic E-state index is 14.0. The molecule has 0 fully saturated rings. The molecule has 10 heteroatoms. The normalized spacial score (nSPS) is 10.8. The first-order valence-electron chi connectivity index (χ1n) is 7.62. The maximum atomic E-state index is 14.0. The molecule has 144 valence electrons. The number of aldehydes is 1. The van der Waals surface area contributed by atoms with Gasteiger partial charge in [0.25, 0.3) is 5.56 Å². The van der Waals surface area contributed by atoms with Gasteiger partial charge < -0.3 is 4.74 Å². The van der Waals surface area contributed by atoms with E-state index in [1.54, 1.807) is 0 Å². The molecule has 0 saturated carbocycles. The predicted molar refractivity (Wildman–Crippen MR) is 93.5 cm³/mol. The minimum Gasteiger partial charge on any atom is -0.472 e. The molecule has 3 rings (SSSR count). The lowest BCUT2D eigenvalue weighted by Gasteiger charge is -2.14. The summed E-state index contributed by atoms with van der Waals surface area (Å²) < 4.78 is 60.1. The van der Waals surface area contributed by atoms with Crippen molar-refractivity contribution in [3.8, 4) is 11.6 Å². The number of para-hydroxylation sites is 1. The average Bonchev–Trinajstić information content (AvgIpc) is 2.65. The zero-order valence-electron chi connectivity index (χ0n) is 13.8. The standard InChI is InChI=1S/C18H9BrF4N2O3/c19-15-17(28-8-9-4-5-10(20)6-13(9)23)24-14(7-26)25(18(15)27)16-11(21)2-1-3-12(16)22/h1-7H,8H2. The van der Waals surface area contributed by atoms with E-state index in [1.165, 1.54) is 0 Å². The van der Waals surface area contributed by atoms with E-state index < -0.39 is 52.8 Å². The molecule has 0 radical (unpaired) electrons. The van der Waals surface area contributed by atoms with Gasteiger partial charge in [-0.1, -0.05) is 6.07 Å². The third kappa shape index (κ3) is 3.68. The molecule has 0 aliphatic rings. The molecule has 0 amide bonds. The fourth-order valence-corrected chi connectivity index (χ4v) is 2.76. The summed E-state index contributed by atoms with van der Waals surface area (Å²) >= 11 is 2.91. The van der Waals surface area contributed by atoms with Gasteiger partial charge in [-0.3, -0.25) is 14.2 Å². The largest absolute Gasteiger partial charge is 0.472 e. The number of benzene rings is 2. The first kappa shape index (κ1) is 19.7. The zero-order chi connectivity index (χ0) is 20.4. The molecule has 0 bridgehead atoms. The fraction of sp³-hybridized carbons (Fsp3) is 0.0556. The van der Waals surface area contributed by atoms with E-state index in [4.69, 9.17) is 4.74 Å². The molecular formula is C18H9BrF4N2O3. The smallest absolute Gasteiger partial charge is 0.276 e. The topological polar surface area (TPSA) is 61.2 Å². The van der Waals surface area contributed by atoms with Crippen molar-refractivity contribution in [1.82, 2.24) is 9.55 Å². The molecule has 0 saturated heterocycles. The lowest BCUT2D eigenvalue weighted by Crippen LogP contribution is -2.26. The third-order valence-corrected chi connectivity index (χ3v) is 4.35. The number of nitrogens with zero attached hydrogens (tertiary/aromatic N) is 2. The predicted octanol–water partition coefficient (Wildman–Crippen LogP) is 3.94. The van der Waals surface area contributed by atoms with Gasteiger partial charge in [0.2, 0.25) is 5.88 Å². The highest BCUT2D eigenvalue weighted by Gasteiger charge is 2.22. The van der Waals surface area contributed by atoms with Gasteiger partial charge >= 0.3 is 0 Å². The summed E-state index contributed by atoms with van der Waals surface area (Å²) in [6.45, 7) is -0.437. The van der Waals surface area contributed by atoms with Crippen LogP contribution in [0.5, 0.6) is 5.88 Å². The number of carbonyl (C=O) groups is 1. The van der Waals surface area contributed by atoms with Crippen LogP contribution < -0.4 is 10.3 Å². The molecular weight excluding hydrogens is 448 g/mol. The molecule has 0 aliphatic carbocycles. The zero-order valence-corrected chi connectivity index (χ0v) is 15.3. The van der Waals surface area contributed by atoms with Crippen molar-refractivity contribution >= 4 is 22.2 Å². The minimum absolute atomic E-state index is 0.0351. The molecule has 0 spiro atoms. The van der Waals surface area contributed by atoms with E-state index in [0.717, 1.165) is 30.3 Å². The van der Waals surface area contributed by atoms with Crippen LogP contribution in [0.1, 0.15) is 16.2 Å². The van der Waals surface area contributed by atoms with E-state index in [9.17, 15) is 27.2 Å². The second-order valence-corrected chi connectivity index (χ2v) is 6.24. The average molecular weight is 457 g/mol. The summed E-state index contributed by atoms with van der Waals surface area (Å²) in [6, 6.07) is 5.72. The van der Waals surface area contributed by atoms with Gasteiger partial charge in [0, 0.05) is 11.6 Å². The molecule has 0 N–H and O–H groups in total. The monoisotopic (exact) mass is 456 g/mol. The first-order chi connectivity index (χ1) is 13.3. The van der Waals surface area contributed by atoms with Crippen LogP contribution in [0, 0.1) is 23.3 Å². The van der Waals surface area contributed by atoms with Crippen molar-refractivity contribution in [1.29, 1.82) is 0 Å². The maximum Gasteiger partial charge on any atom is 0.276 e. The van der Waals surface area contributed by atoms with Crippen LogP contribution in [0.3, 0.4) is 0 Å². The van der Waals surface area contributed by atoms with Crippen LogP contribution >= 0.6 is 15.9 Å². The summed E-state index contributed by atoms with van der Waals surface area (Å²) in [5.41, 5.74) is -1.83. The highest BCUT2D eigenvalue weighted by molar-refractivity contribution is 9.10. The van der Waals surface area contributed by atoms with Gasteiger partial charge in [0.1, 0.15) is 40.0 Å². The molecule has 3 aromatic rings. The van der Waals surface area contributed by atoms with Crippen molar-refractivity contribution in [3.05, 3.63) is 85.9 Å². The number of ether oxygens (including phenoxy) is 1. The Bertz CT molecular complexity index is 1110. The van der Waals surface area contributed by atoms with Gasteiger partial charge in [0.15, 0.2) is 12.1 Å². The summed E-state index contributed by atoms with van der Waals surface area (Å²) in [7, 11) is 0. The Morgan fingerprint density at radius 3 is 2.36 bits per heavy atom. The minimum atomic E-state index is -1.08. The number of aromatic nitrogens is 2.